The summed E-state index contributed by atoms with van der Waals surface area (Å²) in [6.07, 6.45) is 2.08. The smallest absolute Gasteiger partial charge is 0.178 e. The quantitative estimate of drug-likeness (QED) is 0.687. The highest BCUT2D eigenvalue weighted by Gasteiger charge is 2.12. The molecular formula is C14H11FN2OS. The van der Waals surface area contributed by atoms with E-state index in [2.05, 4.69) is 5.10 Å². The van der Waals surface area contributed by atoms with Crippen molar-refractivity contribution < 1.29 is 9.18 Å². The van der Waals surface area contributed by atoms with Crippen molar-refractivity contribution in [3.8, 4) is 0 Å². The van der Waals surface area contributed by atoms with Gasteiger partial charge in [-0.15, -0.1) is 11.3 Å². The molecular weight excluding hydrogens is 263 g/mol. The molecule has 0 saturated carbocycles. The SMILES string of the molecule is Cn1ccc(CC(=O)c2cc3ccc(F)cc3s2)n1. The van der Waals surface area contributed by atoms with Gasteiger partial charge in [0.15, 0.2) is 5.78 Å². The molecule has 0 amide bonds. The van der Waals surface area contributed by atoms with E-state index in [1.807, 2.05) is 25.4 Å². The molecule has 0 aliphatic heterocycles. The van der Waals surface area contributed by atoms with E-state index in [9.17, 15) is 9.18 Å². The average Bonchev–Trinajstić information content (AvgIpc) is 2.95. The number of hydrogen-bond acceptors (Lipinski definition) is 3. The number of benzene rings is 1. The lowest BCUT2D eigenvalue weighted by Gasteiger charge is -1.93. The van der Waals surface area contributed by atoms with Crippen molar-refractivity contribution in [1.29, 1.82) is 0 Å². The molecule has 0 saturated heterocycles. The van der Waals surface area contributed by atoms with Crippen LogP contribution in [0.25, 0.3) is 10.1 Å². The maximum atomic E-state index is 13.1. The summed E-state index contributed by atoms with van der Waals surface area (Å²) in [6.45, 7) is 0. The van der Waals surface area contributed by atoms with Crippen LogP contribution in [0.3, 0.4) is 0 Å². The van der Waals surface area contributed by atoms with Gasteiger partial charge in [0.25, 0.3) is 0 Å². The molecule has 0 aliphatic rings. The van der Waals surface area contributed by atoms with Crippen LogP contribution in [0.15, 0.2) is 36.5 Å². The maximum Gasteiger partial charge on any atom is 0.178 e. The van der Waals surface area contributed by atoms with Crippen LogP contribution in [0.2, 0.25) is 0 Å². The summed E-state index contributed by atoms with van der Waals surface area (Å²) in [7, 11) is 1.82. The second-order valence-electron chi connectivity index (χ2n) is 4.37. The van der Waals surface area contributed by atoms with Crippen molar-refractivity contribution >= 4 is 27.2 Å². The van der Waals surface area contributed by atoms with E-state index in [1.165, 1.54) is 23.5 Å². The molecule has 0 radical (unpaired) electrons. The number of carbonyl (C=O) groups excluding carboxylic acids is 1. The van der Waals surface area contributed by atoms with Crippen LogP contribution in [-0.4, -0.2) is 15.6 Å². The minimum Gasteiger partial charge on any atom is -0.293 e. The van der Waals surface area contributed by atoms with Crippen molar-refractivity contribution in [2.75, 3.05) is 0 Å². The molecule has 3 rings (SSSR count). The first-order chi connectivity index (χ1) is 9.11. The zero-order chi connectivity index (χ0) is 13.4. The van der Waals surface area contributed by atoms with Gasteiger partial charge in [0.2, 0.25) is 0 Å². The summed E-state index contributed by atoms with van der Waals surface area (Å²) in [5.41, 5.74) is 0.746. The first-order valence-corrected chi connectivity index (χ1v) is 6.64. The Hall–Kier alpha value is -2.01. The molecule has 0 atom stereocenters. The lowest BCUT2D eigenvalue weighted by molar-refractivity contribution is 0.0995. The number of thiophene rings is 1. The minimum absolute atomic E-state index is 0.0142. The molecule has 0 bridgehead atoms. The van der Waals surface area contributed by atoms with E-state index < -0.39 is 0 Å². The zero-order valence-electron chi connectivity index (χ0n) is 10.3. The van der Waals surface area contributed by atoms with Gasteiger partial charge in [0, 0.05) is 17.9 Å². The van der Waals surface area contributed by atoms with Crippen LogP contribution < -0.4 is 0 Å². The molecule has 0 aliphatic carbocycles. The second-order valence-corrected chi connectivity index (χ2v) is 5.46. The Morgan fingerprint density at radius 2 is 2.21 bits per heavy atom. The summed E-state index contributed by atoms with van der Waals surface area (Å²) in [5.74, 6) is -0.265. The number of fused-ring (bicyclic) bond motifs is 1. The molecule has 0 unspecified atom stereocenters. The highest BCUT2D eigenvalue weighted by Crippen LogP contribution is 2.27. The number of ketones is 1. The van der Waals surface area contributed by atoms with Crippen LogP contribution in [-0.2, 0) is 13.5 Å². The van der Waals surface area contributed by atoms with Crippen molar-refractivity contribution in [1.82, 2.24) is 9.78 Å². The minimum atomic E-state index is -0.280. The lowest BCUT2D eigenvalue weighted by atomic mass is 10.2. The van der Waals surface area contributed by atoms with Gasteiger partial charge in [-0.05, 0) is 29.7 Å². The summed E-state index contributed by atoms with van der Waals surface area (Å²) in [4.78, 5) is 12.8. The van der Waals surface area contributed by atoms with Gasteiger partial charge in [-0.25, -0.2) is 4.39 Å². The Kier molecular flexibility index (Phi) is 2.91. The Bertz CT molecular complexity index is 760. The standard InChI is InChI=1S/C14H11FN2OS/c1-17-5-4-11(16-17)8-12(18)14-6-9-2-3-10(15)7-13(9)19-14/h2-7H,8H2,1H3. The summed E-state index contributed by atoms with van der Waals surface area (Å²) in [5, 5.41) is 5.08. The Morgan fingerprint density at radius 3 is 2.95 bits per heavy atom. The van der Waals surface area contributed by atoms with E-state index in [-0.39, 0.29) is 18.0 Å². The van der Waals surface area contributed by atoms with Crippen LogP contribution in [0.1, 0.15) is 15.4 Å². The van der Waals surface area contributed by atoms with Crippen LogP contribution in [0.4, 0.5) is 4.39 Å². The van der Waals surface area contributed by atoms with Crippen molar-refractivity contribution in [3.63, 3.8) is 0 Å². The average molecular weight is 274 g/mol. The van der Waals surface area contributed by atoms with Crippen LogP contribution in [0.5, 0.6) is 0 Å². The highest BCUT2D eigenvalue weighted by molar-refractivity contribution is 7.20. The van der Waals surface area contributed by atoms with Gasteiger partial charge in [0.05, 0.1) is 17.0 Å². The van der Waals surface area contributed by atoms with Crippen LogP contribution in [0, 0.1) is 5.82 Å². The third-order valence-corrected chi connectivity index (χ3v) is 4.01. The van der Waals surface area contributed by atoms with E-state index in [4.69, 9.17) is 0 Å². The maximum absolute atomic E-state index is 13.1. The van der Waals surface area contributed by atoms with Gasteiger partial charge in [0.1, 0.15) is 5.82 Å². The topological polar surface area (TPSA) is 34.9 Å². The van der Waals surface area contributed by atoms with Gasteiger partial charge >= 0.3 is 0 Å². The molecule has 3 nitrogen and oxygen atoms in total. The van der Waals surface area contributed by atoms with E-state index in [0.29, 0.717) is 4.88 Å². The number of nitrogens with zero attached hydrogens (tertiary/aromatic N) is 2. The summed E-state index contributed by atoms with van der Waals surface area (Å²) in [6, 6.07) is 8.19. The van der Waals surface area contributed by atoms with Crippen LogP contribution >= 0.6 is 11.3 Å². The molecule has 1 aromatic carbocycles. The molecule has 96 valence electrons. The van der Waals surface area contributed by atoms with Crippen molar-refractivity contribution in [2.24, 2.45) is 7.05 Å². The number of hydrogen-bond donors (Lipinski definition) is 0. The first-order valence-electron chi connectivity index (χ1n) is 5.82. The summed E-state index contributed by atoms with van der Waals surface area (Å²) < 4.78 is 15.6. The normalized spacial score (nSPS) is 11.1. The van der Waals surface area contributed by atoms with Gasteiger partial charge in [-0.2, -0.15) is 5.10 Å². The predicted molar refractivity (Wildman–Crippen MR) is 73.0 cm³/mol. The molecule has 0 N–H and O–H groups in total. The fourth-order valence-electron chi connectivity index (χ4n) is 1.95. The molecule has 3 aromatic rings. The Morgan fingerprint density at radius 1 is 1.37 bits per heavy atom. The fraction of sp³-hybridized carbons (Fsp3) is 0.143. The van der Waals surface area contributed by atoms with Crippen molar-refractivity contribution in [3.05, 3.63) is 52.9 Å². The molecule has 2 heterocycles. The number of carbonyl (C=O) groups is 1. The largest absolute Gasteiger partial charge is 0.293 e. The number of Topliss-reactive ketones (excluding diaryl/α,β-unsaturated/α-hetero) is 1. The molecule has 19 heavy (non-hydrogen) atoms. The van der Waals surface area contributed by atoms with Crippen molar-refractivity contribution in [2.45, 2.75) is 6.42 Å². The second kappa shape index (κ2) is 4.59. The molecule has 0 fully saturated rings. The number of rotatable bonds is 3. The predicted octanol–water partition coefficient (Wildman–Crippen LogP) is 3.20. The van der Waals surface area contributed by atoms with Gasteiger partial charge in [-0.1, -0.05) is 6.07 Å². The lowest BCUT2D eigenvalue weighted by Crippen LogP contribution is -2.02. The molecule has 0 spiro atoms. The molecule has 2 aromatic heterocycles. The van der Waals surface area contributed by atoms with E-state index >= 15 is 0 Å². The third-order valence-electron chi connectivity index (χ3n) is 2.87. The van der Waals surface area contributed by atoms with Gasteiger partial charge in [-0.3, -0.25) is 9.48 Å². The fourth-order valence-corrected chi connectivity index (χ4v) is 2.98. The third kappa shape index (κ3) is 2.42. The summed E-state index contributed by atoms with van der Waals surface area (Å²) >= 11 is 1.32. The highest BCUT2D eigenvalue weighted by atomic mass is 32.1. The number of halogens is 1. The number of aromatic nitrogens is 2. The van der Waals surface area contributed by atoms with Gasteiger partial charge < -0.3 is 0 Å². The Labute approximate surface area is 113 Å². The first kappa shape index (κ1) is 12.0. The van der Waals surface area contributed by atoms with E-state index in [1.54, 1.807) is 10.7 Å². The zero-order valence-corrected chi connectivity index (χ0v) is 11.1. The molecule has 5 heteroatoms. The Balaban J connectivity index is 1.89. The van der Waals surface area contributed by atoms with E-state index in [0.717, 1.165) is 15.8 Å². The monoisotopic (exact) mass is 274 g/mol. The number of aryl methyl sites for hydroxylation is 1.